The van der Waals surface area contributed by atoms with E-state index in [-0.39, 0.29) is 5.75 Å². The maximum Gasteiger partial charge on any atom is 0.318 e. The van der Waals surface area contributed by atoms with Crippen molar-refractivity contribution in [3.63, 3.8) is 0 Å². The van der Waals surface area contributed by atoms with Crippen LogP contribution in [-0.2, 0) is 16.6 Å². The van der Waals surface area contributed by atoms with Crippen molar-refractivity contribution < 1.29 is 21.8 Å². The molecule has 0 fully saturated rings. The van der Waals surface area contributed by atoms with Gasteiger partial charge in [0.15, 0.2) is 0 Å². The van der Waals surface area contributed by atoms with Gasteiger partial charge in [0, 0.05) is 16.6 Å². The molecule has 0 aromatic heterocycles. The lowest BCUT2D eigenvalue weighted by atomic mass is 10.2. The molecular weight excluding hydrogens is 244 g/mol. The molecule has 1 nitrogen and oxygen atoms in total. The van der Waals surface area contributed by atoms with Gasteiger partial charge < -0.3 is 0 Å². The second-order valence-electron chi connectivity index (χ2n) is 3.28. The monoisotopic (exact) mass is 254 g/mol. The summed E-state index contributed by atoms with van der Waals surface area (Å²) in [4.78, 5) is 0. The third-order valence-electron chi connectivity index (χ3n) is 1.84. The molecule has 1 rings (SSSR count). The van der Waals surface area contributed by atoms with Crippen LogP contribution >= 0.6 is 0 Å². The van der Waals surface area contributed by atoms with E-state index in [0.29, 0.717) is 5.56 Å². The fraction of sp³-hybridized carbons (Fsp3) is 0.400. The molecule has 0 saturated carbocycles. The largest absolute Gasteiger partial charge is 0.318 e. The molecule has 1 unspecified atom stereocenters. The standard InChI is InChI=1S/C10H10F4OS/c11-9(12)10(13,14)7-16(15)6-8-4-2-1-3-5-8/h1-5,9H,6-7H2. The third kappa shape index (κ3) is 3.92. The van der Waals surface area contributed by atoms with Crippen LogP contribution in [0.25, 0.3) is 0 Å². The topological polar surface area (TPSA) is 17.1 Å². The molecule has 0 heterocycles. The van der Waals surface area contributed by atoms with E-state index in [9.17, 15) is 21.8 Å². The normalized spacial score (nSPS) is 14.1. The van der Waals surface area contributed by atoms with E-state index < -0.39 is 28.9 Å². The molecule has 0 radical (unpaired) electrons. The predicted octanol–water partition coefficient (Wildman–Crippen LogP) is 2.84. The van der Waals surface area contributed by atoms with Crippen LogP contribution in [0.2, 0.25) is 0 Å². The number of benzene rings is 1. The molecule has 0 bridgehead atoms. The van der Waals surface area contributed by atoms with Gasteiger partial charge in [-0.1, -0.05) is 30.3 Å². The number of hydrogen-bond acceptors (Lipinski definition) is 1. The maximum atomic E-state index is 12.6. The van der Waals surface area contributed by atoms with Gasteiger partial charge in [0.25, 0.3) is 0 Å². The summed E-state index contributed by atoms with van der Waals surface area (Å²) >= 11 is 0. The SMILES string of the molecule is O=S(Cc1ccccc1)CC(F)(F)C(F)F. The maximum absolute atomic E-state index is 12.6. The molecule has 0 spiro atoms. The van der Waals surface area contributed by atoms with Crippen LogP contribution in [0.5, 0.6) is 0 Å². The van der Waals surface area contributed by atoms with Gasteiger partial charge in [0.05, 0.1) is 5.75 Å². The highest BCUT2D eigenvalue weighted by Gasteiger charge is 2.42. The molecule has 0 N–H and O–H groups in total. The molecule has 1 aromatic carbocycles. The first-order valence-corrected chi connectivity index (χ1v) is 5.95. The van der Waals surface area contributed by atoms with Crippen molar-refractivity contribution in [2.75, 3.05) is 5.75 Å². The van der Waals surface area contributed by atoms with Gasteiger partial charge in [-0.15, -0.1) is 0 Å². The first-order valence-electron chi connectivity index (χ1n) is 4.46. The minimum atomic E-state index is -4.18. The van der Waals surface area contributed by atoms with Gasteiger partial charge in [-0.05, 0) is 5.56 Å². The van der Waals surface area contributed by atoms with Crippen molar-refractivity contribution in [2.24, 2.45) is 0 Å². The van der Waals surface area contributed by atoms with Crippen LogP contribution in [0.3, 0.4) is 0 Å². The van der Waals surface area contributed by atoms with Gasteiger partial charge in [-0.2, -0.15) is 8.78 Å². The lowest BCUT2D eigenvalue weighted by Gasteiger charge is -2.14. The van der Waals surface area contributed by atoms with E-state index in [1.807, 2.05) is 0 Å². The molecule has 16 heavy (non-hydrogen) atoms. The number of halogens is 4. The molecule has 0 amide bonds. The predicted molar refractivity (Wildman–Crippen MR) is 54.1 cm³/mol. The van der Waals surface area contributed by atoms with Crippen molar-refractivity contribution >= 4 is 10.8 Å². The molecule has 1 atom stereocenters. The zero-order valence-corrected chi connectivity index (χ0v) is 9.02. The van der Waals surface area contributed by atoms with Gasteiger partial charge in [0.1, 0.15) is 0 Å². The van der Waals surface area contributed by atoms with Crippen LogP contribution < -0.4 is 0 Å². The van der Waals surface area contributed by atoms with Gasteiger partial charge in [-0.3, -0.25) is 4.21 Å². The average molecular weight is 254 g/mol. The Labute approximate surface area is 92.9 Å². The van der Waals surface area contributed by atoms with E-state index in [1.54, 1.807) is 30.3 Å². The Bertz CT molecular complexity index is 353. The van der Waals surface area contributed by atoms with Crippen molar-refractivity contribution in [1.82, 2.24) is 0 Å². The van der Waals surface area contributed by atoms with Crippen LogP contribution in [0.1, 0.15) is 5.56 Å². The van der Waals surface area contributed by atoms with Crippen LogP contribution in [0, 0.1) is 0 Å². The summed E-state index contributed by atoms with van der Waals surface area (Å²) in [6, 6.07) is 8.27. The van der Waals surface area contributed by atoms with E-state index in [2.05, 4.69) is 0 Å². The molecule has 0 saturated heterocycles. The number of hydrogen-bond donors (Lipinski definition) is 0. The summed E-state index contributed by atoms with van der Waals surface area (Å²) in [5, 5.41) is 0. The second-order valence-corrected chi connectivity index (χ2v) is 4.73. The quantitative estimate of drug-likeness (QED) is 0.738. The van der Waals surface area contributed by atoms with Crippen LogP contribution in [0.15, 0.2) is 30.3 Å². The Morgan fingerprint density at radius 3 is 2.25 bits per heavy atom. The Morgan fingerprint density at radius 2 is 1.75 bits per heavy atom. The van der Waals surface area contributed by atoms with Gasteiger partial charge >= 0.3 is 12.3 Å². The smallest absolute Gasteiger partial charge is 0.259 e. The second kappa shape index (κ2) is 5.43. The molecular formula is C10H10F4OS. The zero-order chi connectivity index (χ0) is 12.2. The summed E-state index contributed by atoms with van der Waals surface area (Å²) in [6.45, 7) is 0. The van der Waals surface area contributed by atoms with Crippen molar-refractivity contribution in [3.05, 3.63) is 35.9 Å². The molecule has 90 valence electrons. The number of rotatable bonds is 5. The minimum absolute atomic E-state index is 0.136. The fourth-order valence-electron chi connectivity index (χ4n) is 1.09. The van der Waals surface area contributed by atoms with Gasteiger partial charge in [-0.25, -0.2) is 8.78 Å². The van der Waals surface area contributed by atoms with Crippen molar-refractivity contribution in [3.8, 4) is 0 Å². The minimum Gasteiger partial charge on any atom is -0.259 e. The summed E-state index contributed by atoms with van der Waals surface area (Å²) in [6.07, 6.45) is -3.77. The zero-order valence-electron chi connectivity index (χ0n) is 8.21. The molecule has 0 aliphatic carbocycles. The summed E-state index contributed by atoms with van der Waals surface area (Å²) in [5.41, 5.74) is 0.589. The highest BCUT2D eigenvalue weighted by atomic mass is 32.2. The lowest BCUT2D eigenvalue weighted by Crippen LogP contribution is -2.33. The Hall–Kier alpha value is -0.910. The van der Waals surface area contributed by atoms with Crippen molar-refractivity contribution in [1.29, 1.82) is 0 Å². The molecule has 0 aliphatic heterocycles. The van der Waals surface area contributed by atoms with Crippen LogP contribution in [-0.4, -0.2) is 22.3 Å². The van der Waals surface area contributed by atoms with E-state index in [0.717, 1.165) is 0 Å². The molecule has 6 heteroatoms. The van der Waals surface area contributed by atoms with E-state index >= 15 is 0 Å². The first-order chi connectivity index (χ1) is 7.42. The van der Waals surface area contributed by atoms with Crippen LogP contribution in [0.4, 0.5) is 17.6 Å². The Kier molecular flexibility index (Phi) is 4.46. The highest BCUT2D eigenvalue weighted by Crippen LogP contribution is 2.24. The summed E-state index contributed by atoms with van der Waals surface area (Å²) < 4.78 is 60.0. The molecule has 1 aromatic rings. The lowest BCUT2D eigenvalue weighted by molar-refractivity contribution is -0.110. The number of alkyl halides is 4. The van der Waals surface area contributed by atoms with E-state index in [4.69, 9.17) is 0 Å². The van der Waals surface area contributed by atoms with Gasteiger partial charge in [0.2, 0.25) is 0 Å². The summed E-state index contributed by atoms with van der Waals surface area (Å²) in [5.74, 6) is -5.62. The highest BCUT2D eigenvalue weighted by molar-refractivity contribution is 7.84. The fourth-order valence-corrected chi connectivity index (χ4v) is 2.31. The Balaban J connectivity index is 2.55. The summed E-state index contributed by atoms with van der Waals surface area (Å²) in [7, 11) is -1.99. The molecule has 0 aliphatic rings. The van der Waals surface area contributed by atoms with E-state index in [1.165, 1.54) is 0 Å². The Morgan fingerprint density at radius 1 is 1.19 bits per heavy atom. The first kappa shape index (κ1) is 13.2. The van der Waals surface area contributed by atoms with Crippen molar-refractivity contribution in [2.45, 2.75) is 18.1 Å². The third-order valence-corrected chi connectivity index (χ3v) is 3.21. The average Bonchev–Trinajstić information content (AvgIpc) is 2.17.